The molecule has 0 aromatic heterocycles. The standard InChI is InChI=1S/C82H151NO10/c1-3-5-7-9-11-13-14-15-16-40-44-47-50-54-58-62-66-70-78(87)91-71-67-63-59-55-51-48-45-42-39-37-35-33-31-29-27-25-23-21-19-17-18-20-22-24-26-28-30-32-34-36-38-41-43-46-49-53-57-61-65-69-77(86)83-74(75(85)68-64-60-56-52-12-10-8-6-4-2)73-92-82-81(90)80(89)79(88)76(72-84)93-82/h4,6,12,17-18,21,23,52,64,68,74-76,79-82,84-85,88-90H,3,5,7-11,13-16,19-20,22,24-51,53-63,65-67,69-73H2,1-2H3,(H,83,86)/b6-4+,18-17-,23-21-,52-12+,68-64+. The zero-order chi connectivity index (χ0) is 67.2. The molecule has 1 aliphatic heterocycles. The monoisotopic (exact) mass is 1310 g/mol. The molecule has 1 heterocycles. The van der Waals surface area contributed by atoms with Crippen molar-refractivity contribution in [3.05, 3.63) is 60.8 Å². The van der Waals surface area contributed by atoms with E-state index in [-0.39, 0.29) is 18.5 Å². The number of amides is 1. The number of rotatable bonds is 71. The molecule has 544 valence electrons. The zero-order valence-electron chi connectivity index (χ0n) is 60.7. The van der Waals surface area contributed by atoms with Gasteiger partial charge in [0.2, 0.25) is 5.91 Å². The number of hydrogen-bond donors (Lipinski definition) is 6. The van der Waals surface area contributed by atoms with Gasteiger partial charge < -0.3 is 45.1 Å². The summed E-state index contributed by atoms with van der Waals surface area (Å²) in [6.45, 7) is 4.14. The summed E-state index contributed by atoms with van der Waals surface area (Å²) in [5, 5.41) is 54.3. The number of carbonyl (C=O) groups is 2. The van der Waals surface area contributed by atoms with Gasteiger partial charge in [-0.1, -0.05) is 350 Å². The highest BCUT2D eigenvalue weighted by Crippen LogP contribution is 2.24. The number of hydrogen-bond acceptors (Lipinski definition) is 10. The maximum atomic E-state index is 13.0. The van der Waals surface area contributed by atoms with Gasteiger partial charge in [0.1, 0.15) is 24.4 Å². The third-order valence-electron chi connectivity index (χ3n) is 18.9. The number of ether oxygens (including phenoxy) is 3. The van der Waals surface area contributed by atoms with Crippen molar-refractivity contribution in [3.8, 4) is 0 Å². The molecule has 0 bridgehead atoms. The molecule has 0 aromatic carbocycles. The van der Waals surface area contributed by atoms with Gasteiger partial charge in [0, 0.05) is 12.8 Å². The van der Waals surface area contributed by atoms with Gasteiger partial charge in [0.15, 0.2) is 6.29 Å². The molecule has 1 saturated heterocycles. The first kappa shape index (κ1) is 88.4. The molecule has 1 rings (SSSR count). The van der Waals surface area contributed by atoms with E-state index in [4.69, 9.17) is 14.2 Å². The predicted molar refractivity (Wildman–Crippen MR) is 393 cm³/mol. The lowest BCUT2D eigenvalue weighted by Crippen LogP contribution is -2.60. The number of aliphatic hydroxyl groups is 5. The van der Waals surface area contributed by atoms with E-state index in [1.165, 1.54) is 295 Å². The Bertz CT molecular complexity index is 1730. The van der Waals surface area contributed by atoms with Crippen molar-refractivity contribution >= 4 is 11.9 Å². The van der Waals surface area contributed by atoms with Gasteiger partial charge in [-0.2, -0.15) is 0 Å². The lowest BCUT2D eigenvalue weighted by Gasteiger charge is -2.40. The van der Waals surface area contributed by atoms with Gasteiger partial charge in [-0.3, -0.25) is 9.59 Å². The fraction of sp³-hybridized carbons (Fsp3) is 0.854. The van der Waals surface area contributed by atoms with Gasteiger partial charge in [-0.05, 0) is 84.0 Å². The molecule has 6 N–H and O–H groups in total. The van der Waals surface area contributed by atoms with Gasteiger partial charge >= 0.3 is 5.97 Å². The lowest BCUT2D eigenvalue weighted by atomic mass is 9.99. The second-order valence-corrected chi connectivity index (χ2v) is 27.8. The van der Waals surface area contributed by atoms with Crippen molar-refractivity contribution in [2.45, 2.75) is 429 Å². The Morgan fingerprint density at radius 3 is 1.18 bits per heavy atom. The molecule has 1 amide bonds. The largest absolute Gasteiger partial charge is 0.466 e. The highest BCUT2D eigenvalue weighted by molar-refractivity contribution is 5.76. The minimum atomic E-state index is -1.58. The quantitative estimate of drug-likeness (QED) is 0.0195. The Morgan fingerprint density at radius 1 is 0.419 bits per heavy atom. The Labute approximate surface area is 573 Å². The second-order valence-electron chi connectivity index (χ2n) is 27.8. The first-order valence-electron chi connectivity index (χ1n) is 40.0. The summed E-state index contributed by atoms with van der Waals surface area (Å²) in [6, 6.07) is -0.832. The van der Waals surface area contributed by atoms with Crippen molar-refractivity contribution < 1.29 is 49.3 Å². The molecule has 1 fully saturated rings. The molecule has 11 heteroatoms. The highest BCUT2D eigenvalue weighted by Gasteiger charge is 2.44. The van der Waals surface area contributed by atoms with E-state index in [0.717, 1.165) is 64.2 Å². The topological polar surface area (TPSA) is 175 Å². The van der Waals surface area contributed by atoms with Crippen LogP contribution in [0.15, 0.2) is 60.8 Å². The summed E-state index contributed by atoms with van der Waals surface area (Å²) in [7, 11) is 0. The van der Waals surface area contributed by atoms with Gasteiger partial charge in [-0.15, -0.1) is 0 Å². The summed E-state index contributed by atoms with van der Waals surface area (Å²) in [5.41, 5.74) is 0. The maximum absolute atomic E-state index is 13.0. The van der Waals surface area contributed by atoms with Crippen LogP contribution in [0, 0.1) is 0 Å². The molecule has 11 nitrogen and oxygen atoms in total. The minimum absolute atomic E-state index is 0.0186. The molecule has 0 aromatic rings. The van der Waals surface area contributed by atoms with Crippen LogP contribution in [-0.2, 0) is 23.8 Å². The van der Waals surface area contributed by atoms with Gasteiger partial charge in [0.25, 0.3) is 0 Å². The van der Waals surface area contributed by atoms with E-state index >= 15 is 0 Å². The molecule has 0 aliphatic carbocycles. The summed E-state index contributed by atoms with van der Waals surface area (Å²) in [6.07, 6.45) is 85.9. The minimum Gasteiger partial charge on any atom is -0.466 e. The maximum Gasteiger partial charge on any atom is 0.305 e. The Morgan fingerprint density at radius 2 is 0.774 bits per heavy atom. The van der Waals surface area contributed by atoms with E-state index in [9.17, 15) is 35.1 Å². The zero-order valence-corrected chi connectivity index (χ0v) is 60.7. The fourth-order valence-electron chi connectivity index (χ4n) is 12.7. The molecule has 7 unspecified atom stereocenters. The van der Waals surface area contributed by atoms with E-state index in [1.54, 1.807) is 6.08 Å². The van der Waals surface area contributed by atoms with Crippen LogP contribution >= 0.6 is 0 Å². The molecule has 0 spiro atoms. The molecule has 0 saturated carbocycles. The SMILES string of the molecule is C/C=C/CC/C=C/CC/C=C/C(O)C(COC1OC(CO)C(O)C(O)C1O)NC(=O)CCCCCCCCCCCCCCCCCCC/C=C\C/C=C\CCCCCCCCCCCCCCCCCOC(=O)CCCCCCCCCCCCCCCCCCC. The third-order valence-corrected chi connectivity index (χ3v) is 18.9. The molecule has 93 heavy (non-hydrogen) atoms. The summed E-state index contributed by atoms with van der Waals surface area (Å²) < 4.78 is 16.7. The first-order valence-corrected chi connectivity index (χ1v) is 40.0. The predicted octanol–water partition coefficient (Wildman–Crippen LogP) is 21.6. The summed E-state index contributed by atoms with van der Waals surface area (Å²) in [4.78, 5) is 25.1. The van der Waals surface area contributed by atoms with Crippen molar-refractivity contribution in [3.63, 3.8) is 0 Å². The van der Waals surface area contributed by atoms with Gasteiger partial charge in [-0.25, -0.2) is 0 Å². The Balaban J connectivity index is 1.85. The molecule has 0 radical (unpaired) electrons. The lowest BCUT2D eigenvalue weighted by molar-refractivity contribution is -0.302. The van der Waals surface area contributed by atoms with Crippen molar-refractivity contribution in [2.24, 2.45) is 0 Å². The van der Waals surface area contributed by atoms with E-state index < -0.39 is 49.5 Å². The van der Waals surface area contributed by atoms with E-state index in [0.29, 0.717) is 19.4 Å². The van der Waals surface area contributed by atoms with Crippen molar-refractivity contribution in [1.29, 1.82) is 0 Å². The van der Waals surface area contributed by atoms with Crippen LogP contribution in [0.1, 0.15) is 386 Å². The van der Waals surface area contributed by atoms with E-state index in [2.05, 4.69) is 54.8 Å². The average molecular weight is 1310 g/mol. The van der Waals surface area contributed by atoms with E-state index in [1.807, 2.05) is 19.1 Å². The van der Waals surface area contributed by atoms with Crippen LogP contribution in [0.5, 0.6) is 0 Å². The van der Waals surface area contributed by atoms with Crippen LogP contribution in [0.2, 0.25) is 0 Å². The van der Waals surface area contributed by atoms with Crippen LogP contribution in [-0.4, -0.2) is 100 Å². The highest BCUT2D eigenvalue weighted by atomic mass is 16.7. The van der Waals surface area contributed by atoms with Crippen molar-refractivity contribution in [1.82, 2.24) is 5.32 Å². The Kier molecular flexibility index (Phi) is 67.2. The second kappa shape index (κ2) is 70.7. The molecule has 1 aliphatic rings. The summed E-state index contributed by atoms with van der Waals surface area (Å²) >= 11 is 0. The summed E-state index contributed by atoms with van der Waals surface area (Å²) in [5.74, 6) is -0.177. The number of esters is 1. The average Bonchev–Trinajstić information content (AvgIpc) is 1.06. The van der Waals surface area contributed by atoms with Gasteiger partial charge in [0.05, 0.1) is 32.0 Å². The van der Waals surface area contributed by atoms with Crippen LogP contribution in [0.25, 0.3) is 0 Å². The van der Waals surface area contributed by atoms with Crippen molar-refractivity contribution in [2.75, 3.05) is 19.8 Å². The molecular weight excluding hydrogens is 1160 g/mol. The number of carbonyl (C=O) groups excluding carboxylic acids is 2. The van der Waals surface area contributed by atoms with Crippen LogP contribution < -0.4 is 5.32 Å². The smallest absolute Gasteiger partial charge is 0.305 e. The third kappa shape index (κ3) is 59.2. The van der Waals surface area contributed by atoms with Crippen LogP contribution in [0.3, 0.4) is 0 Å². The molecule has 7 atom stereocenters. The number of unbranched alkanes of at least 4 members (excludes halogenated alkanes) is 50. The van der Waals surface area contributed by atoms with Crippen LogP contribution in [0.4, 0.5) is 0 Å². The number of aliphatic hydroxyl groups excluding tert-OH is 5. The number of nitrogens with one attached hydrogen (secondary N) is 1. The Hall–Kier alpha value is -2.64. The normalized spacial score (nSPS) is 17.8. The molecular formula is C82H151NO10. The number of allylic oxidation sites excluding steroid dienone is 9. The fourth-order valence-corrected chi connectivity index (χ4v) is 12.7. The first-order chi connectivity index (χ1) is 45.7.